The standard InChI is InChI=1S/C27H29N3O6S/c1-18-9-7-8-12-22(18)37(33,34)29-25(32)28-27(16-21(27)19-10-5-4-6-11-19)24(31)30(3)20-13-14-26(2)23(15-20)35-17-36-26/h4-13,15,21H,14,16-17H2,1-3H3,(H2,28,29,32)/t21-,26?,27-/m0/s1. The topological polar surface area (TPSA) is 114 Å². The van der Waals surface area contributed by atoms with Gasteiger partial charge in [-0.3, -0.25) is 4.79 Å². The molecule has 2 fully saturated rings. The highest BCUT2D eigenvalue weighted by Gasteiger charge is 2.63. The van der Waals surface area contributed by atoms with Crippen molar-refractivity contribution in [3.8, 4) is 0 Å². The van der Waals surface area contributed by atoms with Gasteiger partial charge < -0.3 is 19.7 Å². The monoisotopic (exact) mass is 523 g/mol. The minimum atomic E-state index is -4.14. The van der Waals surface area contributed by atoms with Crippen molar-refractivity contribution < 1.29 is 27.5 Å². The van der Waals surface area contributed by atoms with Gasteiger partial charge in [0.1, 0.15) is 16.9 Å². The lowest BCUT2D eigenvalue weighted by atomic mass is 9.93. The largest absolute Gasteiger partial charge is 0.469 e. The van der Waals surface area contributed by atoms with Crippen molar-refractivity contribution >= 4 is 22.0 Å². The molecule has 0 bridgehead atoms. The van der Waals surface area contributed by atoms with Crippen LogP contribution in [-0.2, 0) is 24.3 Å². The van der Waals surface area contributed by atoms with E-state index >= 15 is 0 Å². The lowest BCUT2D eigenvalue weighted by Gasteiger charge is -2.30. The Kier molecular flexibility index (Phi) is 6.12. The smallest absolute Gasteiger partial charge is 0.329 e. The number of nitrogens with zero attached hydrogens (tertiary/aromatic N) is 1. The average Bonchev–Trinajstić information content (AvgIpc) is 3.46. The molecule has 1 unspecified atom stereocenters. The first kappa shape index (κ1) is 25.0. The van der Waals surface area contributed by atoms with Gasteiger partial charge in [-0.1, -0.05) is 54.6 Å². The number of ether oxygens (including phenoxy) is 2. The molecule has 3 aliphatic rings. The number of allylic oxidation sites excluding steroid dienone is 1. The van der Waals surface area contributed by atoms with E-state index in [1.807, 2.05) is 43.3 Å². The summed E-state index contributed by atoms with van der Waals surface area (Å²) in [6.07, 6.45) is 4.53. The Hall–Kier alpha value is -3.63. The Morgan fingerprint density at radius 2 is 1.78 bits per heavy atom. The molecule has 10 heteroatoms. The molecular formula is C27H29N3O6S. The van der Waals surface area contributed by atoms with Crippen molar-refractivity contribution in [2.75, 3.05) is 13.8 Å². The van der Waals surface area contributed by atoms with Gasteiger partial charge in [0.25, 0.3) is 15.9 Å². The fraction of sp³-hybridized carbons (Fsp3) is 0.333. The third-order valence-corrected chi connectivity index (χ3v) is 8.77. The molecule has 5 rings (SSSR count). The van der Waals surface area contributed by atoms with Crippen LogP contribution in [0, 0.1) is 6.92 Å². The molecule has 2 aliphatic carbocycles. The van der Waals surface area contributed by atoms with Gasteiger partial charge in [-0.15, -0.1) is 0 Å². The number of carbonyl (C=O) groups excluding carboxylic acids is 2. The number of sulfonamides is 1. The summed E-state index contributed by atoms with van der Waals surface area (Å²) in [4.78, 5) is 28.4. The molecule has 2 N–H and O–H groups in total. The van der Waals surface area contributed by atoms with E-state index in [-0.39, 0.29) is 23.5 Å². The number of benzene rings is 2. The van der Waals surface area contributed by atoms with E-state index in [2.05, 4.69) is 10.0 Å². The first-order chi connectivity index (χ1) is 17.6. The molecular weight excluding hydrogens is 494 g/mol. The lowest BCUT2D eigenvalue weighted by molar-refractivity contribution is -0.131. The first-order valence-electron chi connectivity index (χ1n) is 12.0. The Morgan fingerprint density at radius 3 is 2.51 bits per heavy atom. The second kappa shape index (κ2) is 9.04. The van der Waals surface area contributed by atoms with Gasteiger partial charge in [-0.25, -0.2) is 17.9 Å². The van der Waals surface area contributed by atoms with Crippen LogP contribution >= 0.6 is 0 Å². The quantitative estimate of drug-likeness (QED) is 0.601. The van der Waals surface area contributed by atoms with Crippen molar-refractivity contribution in [2.45, 2.75) is 48.6 Å². The number of fused-ring (bicyclic) bond motifs is 1. The number of nitrogens with one attached hydrogen (secondary N) is 2. The van der Waals surface area contributed by atoms with Gasteiger partial charge in [0.2, 0.25) is 0 Å². The summed E-state index contributed by atoms with van der Waals surface area (Å²) in [5.74, 6) is -0.0247. The number of aryl methyl sites for hydroxylation is 1. The summed E-state index contributed by atoms with van der Waals surface area (Å²) < 4.78 is 39.1. The summed E-state index contributed by atoms with van der Waals surface area (Å²) in [5, 5.41) is 2.71. The molecule has 9 nitrogen and oxygen atoms in total. The van der Waals surface area contributed by atoms with Crippen LogP contribution in [0.5, 0.6) is 0 Å². The van der Waals surface area contributed by atoms with E-state index in [0.717, 1.165) is 5.56 Å². The van der Waals surface area contributed by atoms with E-state index < -0.39 is 27.2 Å². The summed E-state index contributed by atoms with van der Waals surface area (Å²) >= 11 is 0. The fourth-order valence-corrected chi connectivity index (χ4v) is 6.14. The fourth-order valence-electron chi connectivity index (χ4n) is 4.99. The predicted molar refractivity (Wildman–Crippen MR) is 136 cm³/mol. The molecule has 0 radical (unpaired) electrons. The van der Waals surface area contributed by atoms with Gasteiger partial charge in [-0.05, 0) is 37.5 Å². The second-order valence-corrected chi connectivity index (χ2v) is 11.5. The first-order valence-corrected chi connectivity index (χ1v) is 13.5. The highest BCUT2D eigenvalue weighted by Crippen LogP contribution is 2.53. The average molecular weight is 524 g/mol. The predicted octanol–water partition coefficient (Wildman–Crippen LogP) is 3.30. The van der Waals surface area contributed by atoms with E-state index in [1.165, 1.54) is 11.0 Å². The van der Waals surface area contributed by atoms with Crippen molar-refractivity contribution in [2.24, 2.45) is 0 Å². The van der Waals surface area contributed by atoms with Gasteiger partial charge in [0.05, 0.1) is 4.90 Å². The summed E-state index contributed by atoms with van der Waals surface area (Å²) in [7, 11) is -2.50. The zero-order chi connectivity index (χ0) is 26.4. The van der Waals surface area contributed by atoms with Crippen LogP contribution < -0.4 is 10.0 Å². The maximum atomic E-state index is 13.9. The number of hydrogen-bond donors (Lipinski definition) is 2. The molecule has 2 aromatic carbocycles. The summed E-state index contributed by atoms with van der Waals surface area (Å²) in [5.41, 5.74) is 0.135. The number of carbonyl (C=O) groups is 2. The molecule has 0 spiro atoms. The number of amides is 3. The summed E-state index contributed by atoms with van der Waals surface area (Å²) in [6, 6.07) is 14.8. The second-order valence-electron chi connectivity index (χ2n) is 9.81. The van der Waals surface area contributed by atoms with Gasteiger partial charge in [0, 0.05) is 31.2 Å². The molecule has 2 aromatic rings. The molecule has 1 heterocycles. The van der Waals surface area contributed by atoms with Crippen LogP contribution in [0.25, 0.3) is 0 Å². The number of hydrogen-bond acceptors (Lipinski definition) is 6. The molecule has 1 saturated heterocycles. The molecule has 0 aromatic heterocycles. The summed E-state index contributed by atoms with van der Waals surface area (Å²) in [6.45, 7) is 3.73. The van der Waals surface area contributed by atoms with Crippen LogP contribution in [0.2, 0.25) is 0 Å². The van der Waals surface area contributed by atoms with E-state index in [1.54, 1.807) is 38.2 Å². The molecule has 194 valence electrons. The van der Waals surface area contributed by atoms with E-state index in [9.17, 15) is 18.0 Å². The highest BCUT2D eigenvalue weighted by atomic mass is 32.2. The Bertz CT molecular complexity index is 1420. The zero-order valence-electron chi connectivity index (χ0n) is 20.9. The zero-order valence-corrected chi connectivity index (χ0v) is 21.7. The Morgan fingerprint density at radius 1 is 1.08 bits per heavy atom. The van der Waals surface area contributed by atoms with E-state index in [0.29, 0.717) is 29.9 Å². The maximum Gasteiger partial charge on any atom is 0.329 e. The normalized spacial score (nSPS) is 26.2. The highest BCUT2D eigenvalue weighted by molar-refractivity contribution is 7.90. The minimum Gasteiger partial charge on any atom is -0.469 e. The molecule has 1 aliphatic heterocycles. The minimum absolute atomic E-state index is 0.00105. The van der Waals surface area contributed by atoms with Gasteiger partial charge in [0.15, 0.2) is 6.79 Å². The number of rotatable bonds is 6. The van der Waals surface area contributed by atoms with Crippen molar-refractivity contribution in [3.05, 3.63) is 89.3 Å². The van der Waals surface area contributed by atoms with Gasteiger partial charge >= 0.3 is 6.03 Å². The van der Waals surface area contributed by atoms with Crippen LogP contribution in [0.1, 0.15) is 36.8 Å². The van der Waals surface area contributed by atoms with Gasteiger partial charge in [-0.2, -0.15) is 0 Å². The SMILES string of the molecule is Cc1ccccc1S(=O)(=O)NC(=O)N[C@@]1(C(=O)N(C)C2=CCC3(C)OCOC3=C2)C[C@H]1c1ccccc1. The maximum absolute atomic E-state index is 13.9. The molecule has 3 amide bonds. The third-order valence-electron chi connectivity index (χ3n) is 7.28. The lowest BCUT2D eigenvalue weighted by Crippen LogP contribution is -2.54. The van der Waals surface area contributed by atoms with Crippen molar-refractivity contribution in [1.82, 2.24) is 14.9 Å². The van der Waals surface area contributed by atoms with Crippen LogP contribution in [0.15, 0.2) is 83.1 Å². The third kappa shape index (κ3) is 4.51. The molecule has 37 heavy (non-hydrogen) atoms. The Balaban J connectivity index is 1.40. The van der Waals surface area contributed by atoms with Crippen molar-refractivity contribution in [3.63, 3.8) is 0 Å². The van der Waals surface area contributed by atoms with Crippen LogP contribution in [0.4, 0.5) is 4.79 Å². The number of urea groups is 1. The molecule has 3 atom stereocenters. The van der Waals surface area contributed by atoms with Crippen molar-refractivity contribution in [1.29, 1.82) is 0 Å². The van der Waals surface area contributed by atoms with Crippen LogP contribution in [-0.4, -0.2) is 50.2 Å². The van der Waals surface area contributed by atoms with E-state index in [4.69, 9.17) is 9.47 Å². The Labute approximate surface area is 216 Å². The number of likely N-dealkylation sites (N-methyl/N-ethyl adjacent to an activating group) is 1. The van der Waals surface area contributed by atoms with Crippen LogP contribution in [0.3, 0.4) is 0 Å². The molecule has 1 saturated carbocycles.